The van der Waals surface area contributed by atoms with Crippen LogP contribution in [0, 0.1) is 0 Å². The molecule has 0 radical (unpaired) electrons. The number of carbonyl (C=O) groups is 1. The van der Waals surface area contributed by atoms with Crippen LogP contribution in [0.4, 0.5) is 0 Å². The van der Waals surface area contributed by atoms with Gasteiger partial charge in [-0.25, -0.2) is 0 Å². The molecule has 0 amide bonds. The van der Waals surface area contributed by atoms with Crippen LogP contribution in [0.3, 0.4) is 0 Å². The Balaban J connectivity index is 2.37. The Kier molecular flexibility index (Phi) is 4.95. The normalized spacial score (nSPS) is 29.2. The third kappa shape index (κ3) is 3.68. The summed E-state index contributed by atoms with van der Waals surface area (Å²) in [4.78, 5) is 13.4. The van der Waals surface area contributed by atoms with Crippen LogP contribution in [0.1, 0.15) is 52.9 Å². The molecule has 0 aromatic rings. The number of likely N-dealkylation sites (tertiary alicyclic amines) is 1. The van der Waals surface area contributed by atoms with E-state index >= 15 is 0 Å². The lowest BCUT2D eigenvalue weighted by Gasteiger charge is -2.29. The van der Waals surface area contributed by atoms with Gasteiger partial charge in [0, 0.05) is 12.1 Å². The van der Waals surface area contributed by atoms with E-state index in [4.69, 9.17) is 10.8 Å². The fraction of sp³-hybridized carbons (Fsp3) is 0.923. The van der Waals surface area contributed by atoms with Crippen molar-refractivity contribution in [3.63, 3.8) is 0 Å². The quantitative estimate of drug-likeness (QED) is 0.745. The third-order valence-corrected chi connectivity index (χ3v) is 4.03. The van der Waals surface area contributed by atoms with E-state index in [1.54, 1.807) is 6.92 Å². The van der Waals surface area contributed by atoms with Crippen LogP contribution in [0.2, 0.25) is 0 Å². The molecule has 0 aromatic heterocycles. The molecule has 3 N–H and O–H groups in total. The van der Waals surface area contributed by atoms with Gasteiger partial charge in [-0.2, -0.15) is 0 Å². The number of rotatable bonds is 6. The van der Waals surface area contributed by atoms with E-state index in [2.05, 4.69) is 18.7 Å². The van der Waals surface area contributed by atoms with Crippen LogP contribution in [-0.4, -0.2) is 40.1 Å². The lowest BCUT2D eigenvalue weighted by Crippen LogP contribution is -2.45. The summed E-state index contributed by atoms with van der Waals surface area (Å²) in [6.45, 7) is 7.05. The van der Waals surface area contributed by atoms with E-state index in [1.807, 2.05) is 0 Å². The second-order valence-corrected chi connectivity index (χ2v) is 5.55. The molecule has 1 fully saturated rings. The van der Waals surface area contributed by atoms with E-state index in [9.17, 15) is 4.79 Å². The summed E-state index contributed by atoms with van der Waals surface area (Å²) >= 11 is 0. The second kappa shape index (κ2) is 5.83. The van der Waals surface area contributed by atoms with Gasteiger partial charge in [-0.05, 0) is 52.5 Å². The van der Waals surface area contributed by atoms with Gasteiger partial charge < -0.3 is 10.8 Å². The van der Waals surface area contributed by atoms with Crippen molar-refractivity contribution in [2.75, 3.05) is 6.54 Å². The predicted molar refractivity (Wildman–Crippen MR) is 68.9 cm³/mol. The number of nitrogens with two attached hydrogens (primary N) is 1. The minimum atomic E-state index is -1.08. The van der Waals surface area contributed by atoms with Crippen molar-refractivity contribution < 1.29 is 9.90 Å². The highest BCUT2D eigenvalue weighted by molar-refractivity contribution is 5.77. The summed E-state index contributed by atoms with van der Waals surface area (Å²) in [7, 11) is 0. The maximum Gasteiger partial charge on any atom is 0.323 e. The lowest BCUT2D eigenvalue weighted by molar-refractivity contribution is -0.142. The van der Waals surface area contributed by atoms with Crippen molar-refractivity contribution in [2.24, 2.45) is 5.73 Å². The zero-order valence-corrected chi connectivity index (χ0v) is 11.3. The van der Waals surface area contributed by atoms with Gasteiger partial charge in [0.1, 0.15) is 5.54 Å². The van der Waals surface area contributed by atoms with Crippen molar-refractivity contribution in [1.82, 2.24) is 4.90 Å². The summed E-state index contributed by atoms with van der Waals surface area (Å²) in [5, 5.41) is 8.94. The van der Waals surface area contributed by atoms with Crippen molar-refractivity contribution in [3.05, 3.63) is 0 Å². The van der Waals surface area contributed by atoms with Gasteiger partial charge in [0.2, 0.25) is 0 Å². The molecule has 1 aliphatic rings. The summed E-state index contributed by atoms with van der Waals surface area (Å²) in [5.41, 5.74) is 4.65. The van der Waals surface area contributed by atoms with E-state index in [0.717, 1.165) is 13.0 Å². The third-order valence-electron chi connectivity index (χ3n) is 4.03. The zero-order chi connectivity index (χ0) is 13.1. The molecule has 1 heterocycles. The smallest absolute Gasteiger partial charge is 0.323 e. The number of nitrogens with zero attached hydrogens (tertiary/aromatic N) is 1. The van der Waals surface area contributed by atoms with Gasteiger partial charge in [-0.15, -0.1) is 0 Å². The maximum absolute atomic E-state index is 10.9. The first-order chi connectivity index (χ1) is 7.88. The topological polar surface area (TPSA) is 66.6 Å². The van der Waals surface area contributed by atoms with Crippen LogP contribution < -0.4 is 5.73 Å². The van der Waals surface area contributed by atoms with Crippen LogP contribution in [0.25, 0.3) is 0 Å². The van der Waals surface area contributed by atoms with E-state index in [0.29, 0.717) is 18.5 Å². The zero-order valence-electron chi connectivity index (χ0n) is 11.3. The molecule has 0 aliphatic carbocycles. The lowest BCUT2D eigenvalue weighted by atomic mass is 9.97. The molecule has 4 nitrogen and oxygen atoms in total. The van der Waals surface area contributed by atoms with E-state index < -0.39 is 11.5 Å². The minimum Gasteiger partial charge on any atom is -0.480 e. The highest BCUT2D eigenvalue weighted by Gasteiger charge is 2.31. The molecule has 4 heteroatoms. The molecule has 3 atom stereocenters. The standard InChI is InChI=1S/C13H26N2O2/c1-4-11-7-6-10(2)15(11)9-5-8-13(3,14)12(16)17/h10-11H,4-9,14H2,1-3H3,(H,16,17). The Morgan fingerprint density at radius 3 is 2.71 bits per heavy atom. The number of carboxylic acids is 1. The van der Waals surface area contributed by atoms with Crippen molar-refractivity contribution in [2.45, 2.75) is 70.5 Å². The fourth-order valence-electron chi connectivity index (χ4n) is 2.70. The first-order valence-corrected chi connectivity index (χ1v) is 6.66. The molecule has 1 rings (SSSR count). The highest BCUT2D eigenvalue weighted by atomic mass is 16.4. The van der Waals surface area contributed by atoms with Crippen LogP contribution in [0.15, 0.2) is 0 Å². The average molecular weight is 242 g/mol. The first-order valence-electron chi connectivity index (χ1n) is 6.66. The van der Waals surface area contributed by atoms with Crippen LogP contribution in [0.5, 0.6) is 0 Å². The molecule has 1 saturated heterocycles. The minimum absolute atomic E-state index is 0.544. The number of aliphatic carboxylic acids is 1. The summed E-state index contributed by atoms with van der Waals surface area (Å²) < 4.78 is 0. The van der Waals surface area contributed by atoms with Gasteiger partial charge in [0.15, 0.2) is 0 Å². The molecule has 3 unspecified atom stereocenters. The molecular weight excluding hydrogens is 216 g/mol. The Morgan fingerprint density at radius 2 is 2.18 bits per heavy atom. The predicted octanol–water partition coefficient (Wildman–Crippen LogP) is 1.83. The summed E-state index contributed by atoms with van der Waals surface area (Å²) in [6.07, 6.45) is 5.12. The van der Waals surface area contributed by atoms with Crippen molar-refractivity contribution in [3.8, 4) is 0 Å². The largest absolute Gasteiger partial charge is 0.480 e. The molecule has 17 heavy (non-hydrogen) atoms. The Morgan fingerprint density at radius 1 is 1.53 bits per heavy atom. The Hall–Kier alpha value is -0.610. The molecule has 0 spiro atoms. The van der Waals surface area contributed by atoms with E-state index in [-0.39, 0.29) is 0 Å². The monoisotopic (exact) mass is 242 g/mol. The molecule has 100 valence electrons. The molecular formula is C13H26N2O2. The molecule has 0 bridgehead atoms. The molecule has 1 aliphatic heterocycles. The average Bonchev–Trinajstić information content (AvgIpc) is 2.59. The Bertz CT molecular complexity index is 266. The van der Waals surface area contributed by atoms with Gasteiger partial charge in [0.25, 0.3) is 0 Å². The summed E-state index contributed by atoms with van der Waals surface area (Å²) in [6, 6.07) is 1.31. The van der Waals surface area contributed by atoms with Crippen molar-refractivity contribution >= 4 is 5.97 Å². The summed E-state index contributed by atoms with van der Waals surface area (Å²) in [5.74, 6) is -0.904. The SMILES string of the molecule is CCC1CCC(C)N1CCCC(C)(N)C(=O)O. The highest BCUT2D eigenvalue weighted by Crippen LogP contribution is 2.26. The number of hydrogen-bond donors (Lipinski definition) is 2. The van der Waals surface area contributed by atoms with Gasteiger partial charge >= 0.3 is 5.97 Å². The second-order valence-electron chi connectivity index (χ2n) is 5.55. The van der Waals surface area contributed by atoms with E-state index in [1.165, 1.54) is 19.3 Å². The number of carboxylic acid groups (broad SMARTS) is 1. The van der Waals surface area contributed by atoms with Gasteiger partial charge in [-0.3, -0.25) is 9.69 Å². The van der Waals surface area contributed by atoms with Crippen molar-refractivity contribution in [1.29, 1.82) is 0 Å². The van der Waals surface area contributed by atoms with Crippen LogP contribution in [-0.2, 0) is 4.79 Å². The fourth-order valence-corrected chi connectivity index (χ4v) is 2.70. The molecule has 0 saturated carbocycles. The van der Waals surface area contributed by atoms with Crippen LogP contribution >= 0.6 is 0 Å². The number of hydrogen-bond acceptors (Lipinski definition) is 3. The first kappa shape index (κ1) is 14.5. The molecule has 0 aromatic carbocycles. The van der Waals surface area contributed by atoms with Gasteiger partial charge in [-0.1, -0.05) is 6.92 Å². The Labute approximate surface area is 104 Å². The maximum atomic E-state index is 10.9. The van der Waals surface area contributed by atoms with Gasteiger partial charge in [0.05, 0.1) is 0 Å².